The van der Waals surface area contributed by atoms with E-state index in [1.807, 2.05) is 42.5 Å². The van der Waals surface area contributed by atoms with Gasteiger partial charge in [-0.2, -0.15) is 5.10 Å². The number of amides is 1. The molecule has 0 atom stereocenters. The summed E-state index contributed by atoms with van der Waals surface area (Å²) in [7, 11) is 0. The Morgan fingerprint density at radius 2 is 2.00 bits per heavy atom. The number of hydrogen-bond acceptors (Lipinski definition) is 3. The summed E-state index contributed by atoms with van der Waals surface area (Å²) in [5, 5.41) is 11.2. The van der Waals surface area contributed by atoms with Gasteiger partial charge in [0.1, 0.15) is 0 Å². The number of rotatable bonds is 4. The van der Waals surface area contributed by atoms with E-state index in [1.54, 1.807) is 6.20 Å². The van der Waals surface area contributed by atoms with E-state index in [-0.39, 0.29) is 5.91 Å². The number of carbonyl (C=O) groups excluding carboxylic acids is 1. The lowest BCUT2D eigenvalue weighted by Crippen LogP contribution is -2.14. The summed E-state index contributed by atoms with van der Waals surface area (Å²) in [4.78, 5) is 16.7. The summed E-state index contributed by atoms with van der Waals surface area (Å²) in [6.45, 7) is 0. The maximum absolute atomic E-state index is 12.4. The zero-order valence-electron chi connectivity index (χ0n) is 15.1. The van der Waals surface area contributed by atoms with E-state index >= 15 is 0 Å². The van der Waals surface area contributed by atoms with Crippen molar-refractivity contribution >= 4 is 34.3 Å². The van der Waals surface area contributed by atoms with Crippen molar-refractivity contribution in [3.63, 3.8) is 0 Å². The van der Waals surface area contributed by atoms with Crippen molar-refractivity contribution in [1.29, 1.82) is 0 Å². The van der Waals surface area contributed by atoms with Gasteiger partial charge in [0, 0.05) is 24.1 Å². The number of nitrogens with one attached hydrogen (secondary N) is 2. The quantitative estimate of drug-likeness (QED) is 0.568. The SMILES string of the molecule is O=C(Cc1ccc2ncccc2c1)Nc1cc(C2=Cc3ccccc3C2)[nH]n1. The Kier molecular flexibility index (Phi) is 3.98. The Labute approximate surface area is 162 Å². The highest BCUT2D eigenvalue weighted by Gasteiger charge is 2.16. The average Bonchev–Trinajstić information content (AvgIpc) is 3.34. The summed E-state index contributed by atoms with van der Waals surface area (Å²) in [6, 6.07) is 20.0. The first-order valence-corrected chi connectivity index (χ1v) is 9.22. The van der Waals surface area contributed by atoms with E-state index < -0.39 is 0 Å². The first-order valence-electron chi connectivity index (χ1n) is 9.22. The lowest BCUT2D eigenvalue weighted by atomic mass is 10.1. The second-order valence-electron chi connectivity index (χ2n) is 6.97. The van der Waals surface area contributed by atoms with Crippen LogP contribution in [0.15, 0.2) is 66.9 Å². The number of aromatic amines is 1. The number of anilines is 1. The third kappa shape index (κ3) is 3.18. The van der Waals surface area contributed by atoms with Gasteiger partial charge in [-0.3, -0.25) is 14.9 Å². The van der Waals surface area contributed by atoms with E-state index in [1.165, 1.54) is 16.7 Å². The molecule has 0 radical (unpaired) electrons. The van der Waals surface area contributed by atoms with Crippen molar-refractivity contribution in [1.82, 2.24) is 15.2 Å². The summed E-state index contributed by atoms with van der Waals surface area (Å²) >= 11 is 0. The fourth-order valence-corrected chi connectivity index (χ4v) is 3.61. The van der Waals surface area contributed by atoms with Crippen LogP contribution in [0.25, 0.3) is 22.6 Å². The smallest absolute Gasteiger partial charge is 0.229 e. The van der Waals surface area contributed by atoms with Crippen LogP contribution in [0.4, 0.5) is 5.82 Å². The van der Waals surface area contributed by atoms with Gasteiger partial charge >= 0.3 is 0 Å². The number of H-pyrrole nitrogens is 1. The molecular formula is C23H18N4O. The number of nitrogens with zero attached hydrogens (tertiary/aromatic N) is 2. The molecule has 0 saturated heterocycles. The second-order valence-corrected chi connectivity index (χ2v) is 6.97. The van der Waals surface area contributed by atoms with Gasteiger partial charge in [0.15, 0.2) is 5.82 Å². The predicted octanol–water partition coefficient (Wildman–Crippen LogP) is 4.24. The van der Waals surface area contributed by atoms with Crippen LogP contribution in [0, 0.1) is 0 Å². The number of aromatic nitrogens is 3. The number of pyridine rings is 1. The Balaban J connectivity index is 1.27. The van der Waals surface area contributed by atoms with Crippen molar-refractivity contribution in [3.8, 4) is 0 Å². The molecule has 0 aliphatic heterocycles. The standard InChI is InChI=1S/C23H18N4O/c28-23(11-15-7-8-20-18(10-15)6-3-9-24-20)25-22-14-21(26-27-22)19-12-16-4-1-2-5-17(16)13-19/h1-10,12,14H,11,13H2,(H2,25,26,27,28). The van der Waals surface area contributed by atoms with Gasteiger partial charge in [0.25, 0.3) is 0 Å². The van der Waals surface area contributed by atoms with Gasteiger partial charge in [-0.25, -0.2) is 0 Å². The molecule has 28 heavy (non-hydrogen) atoms. The largest absolute Gasteiger partial charge is 0.309 e. The maximum atomic E-state index is 12.4. The van der Waals surface area contributed by atoms with Crippen LogP contribution in [-0.2, 0) is 17.6 Å². The zero-order valence-corrected chi connectivity index (χ0v) is 15.1. The molecule has 2 heterocycles. The summed E-state index contributed by atoms with van der Waals surface area (Å²) < 4.78 is 0. The predicted molar refractivity (Wildman–Crippen MR) is 111 cm³/mol. The summed E-state index contributed by atoms with van der Waals surface area (Å²) in [6.07, 6.45) is 5.10. The molecule has 0 saturated carbocycles. The zero-order chi connectivity index (χ0) is 18.9. The van der Waals surface area contributed by atoms with Crippen LogP contribution in [0.2, 0.25) is 0 Å². The molecule has 0 spiro atoms. The lowest BCUT2D eigenvalue weighted by molar-refractivity contribution is -0.115. The molecule has 5 rings (SSSR count). The van der Waals surface area contributed by atoms with Gasteiger partial charge in [0.05, 0.1) is 17.6 Å². The van der Waals surface area contributed by atoms with Crippen LogP contribution in [-0.4, -0.2) is 21.1 Å². The lowest BCUT2D eigenvalue weighted by Gasteiger charge is -2.04. The van der Waals surface area contributed by atoms with E-state index in [2.05, 4.69) is 44.8 Å². The fourth-order valence-electron chi connectivity index (χ4n) is 3.61. The molecule has 136 valence electrons. The van der Waals surface area contributed by atoms with E-state index in [9.17, 15) is 4.79 Å². The third-order valence-electron chi connectivity index (χ3n) is 4.99. The number of allylic oxidation sites excluding steroid dienone is 1. The molecule has 1 aliphatic carbocycles. The van der Waals surface area contributed by atoms with Gasteiger partial charge in [-0.15, -0.1) is 0 Å². The minimum Gasteiger partial charge on any atom is -0.309 e. The van der Waals surface area contributed by atoms with Crippen LogP contribution in [0.3, 0.4) is 0 Å². The average molecular weight is 366 g/mol. The molecule has 0 unspecified atom stereocenters. The molecule has 2 aromatic heterocycles. The van der Waals surface area contributed by atoms with Crippen LogP contribution < -0.4 is 5.32 Å². The molecule has 2 N–H and O–H groups in total. The number of carbonyl (C=O) groups is 1. The number of benzene rings is 2. The second kappa shape index (κ2) is 6.78. The van der Waals surface area contributed by atoms with Crippen molar-refractivity contribution in [2.75, 3.05) is 5.32 Å². The molecule has 5 heteroatoms. The topological polar surface area (TPSA) is 70.7 Å². The summed E-state index contributed by atoms with van der Waals surface area (Å²) in [5.74, 6) is 0.448. The molecule has 4 aromatic rings. The van der Waals surface area contributed by atoms with Crippen molar-refractivity contribution < 1.29 is 4.79 Å². The van der Waals surface area contributed by atoms with E-state index in [0.29, 0.717) is 12.2 Å². The minimum absolute atomic E-state index is 0.0926. The van der Waals surface area contributed by atoms with Gasteiger partial charge in [-0.1, -0.05) is 36.4 Å². The van der Waals surface area contributed by atoms with Crippen LogP contribution in [0.1, 0.15) is 22.4 Å². The Morgan fingerprint density at radius 3 is 2.93 bits per heavy atom. The summed E-state index contributed by atoms with van der Waals surface area (Å²) in [5.41, 5.74) is 6.53. The van der Waals surface area contributed by atoms with Gasteiger partial charge in [-0.05, 0) is 46.5 Å². The van der Waals surface area contributed by atoms with Crippen molar-refractivity contribution in [2.45, 2.75) is 12.8 Å². The maximum Gasteiger partial charge on any atom is 0.229 e. The van der Waals surface area contributed by atoms with Gasteiger partial charge in [0.2, 0.25) is 5.91 Å². The Morgan fingerprint density at radius 1 is 1.07 bits per heavy atom. The van der Waals surface area contributed by atoms with Crippen molar-refractivity contribution in [2.24, 2.45) is 0 Å². The van der Waals surface area contributed by atoms with Crippen molar-refractivity contribution in [3.05, 3.63) is 89.2 Å². The number of hydrogen-bond donors (Lipinski definition) is 2. The molecule has 1 amide bonds. The highest BCUT2D eigenvalue weighted by Crippen LogP contribution is 2.31. The molecule has 0 bridgehead atoms. The molecule has 5 nitrogen and oxygen atoms in total. The van der Waals surface area contributed by atoms with E-state index in [4.69, 9.17) is 0 Å². The van der Waals surface area contributed by atoms with Crippen LogP contribution >= 0.6 is 0 Å². The normalized spacial score (nSPS) is 12.6. The fraction of sp³-hybridized carbons (Fsp3) is 0.0870. The highest BCUT2D eigenvalue weighted by atomic mass is 16.1. The molecule has 1 aliphatic rings. The Bertz CT molecular complexity index is 1220. The number of fused-ring (bicyclic) bond motifs is 2. The van der Waals surface area contributed by atoms with Gasteiger partial charge < -0.3 is 5.32 Å². The van der Waals surface area contributed by atoms with Crippen LogP contribution in [0.5, 0.6) is 0 Å². The highest BCUT2D eigenvalue weighted by molar-refractivity contribution is 5.93. The first kappa shape index (κ1) is 16.4. The minimum atomic E-state index is -0.0926. The molecule has 2 aromatic carbocycles. The first-order chi connectivity index (χ1) is 13.7. The Hall–Kier alpha value is -3.73. The monoisotopic (exact) mass is 366 g/mol. The molecular weight excluding hydrogens is 348 g/mol. The molecule has 0 fully saturated rings. The van der Waals surface area contributed by atoms with E-state index in [0.717, 1.165) is 28.6 Å². The third-order valence-corrected chi connectivity index (χ3v) is 4.99.